The van der Waals surface area contributed by atoms with E-state index < -0.39 is 0 Å². The van der Waals surface area contributed by atoms with Crippen LogP contribution in [0.15, 0.2) is 59.4 Å². The summed E-state index contributed by atoms with van der Waals surface area (Å²) in [5, 5.41) is 4.89. The second-order valence-corrected chi connectivity index (χ2v) is 7.55. The van der Waals surface area contributed by atoms with Gasteiger partial charge in [0.1, 0.15) is 12.4 Å². The normalized spacial score (nSPS) is 14.5. The fourth-order valence-corrected chi connectivity index (χ4v) is 3.65. The minimum atomic E-state index is -0.162. The Kier molecular flexibility index (Phi) is 6.51. The second-order valence-electron chi connectivity index (χ2n) is 6.84. The molecule has 7 heteroatoms. The predicted octanol–water partition coefficient (Wildman–Crippen LogP) is 3.81. The number of anilines is 1. The van der Waals surface area contributed by atoms with Crippen molar-refractivity contribution < 1.29 is 14.3 Å². The van der Waals surface area contributed by atoms with Gasteiger partial charge in [-0.1, -0.05) is 18.2 Å². The number of ether oxygens (including phenoxy) is 2. The molecule has 3 aromatic rings. The van der Waals surface area contributed by atoms with Crippen LogP contribution >= 0.6 is 11.3 Å². The molecule has 2 heterocycles. The van der Waals surface area contributed by atoms with Crippen molar-refractivity contribution in [3.63, 3.8) is 0 Å². The first-order valence-electron chi connectivity index (χ1n) is 9.56. The van der Waals surface area contributed by atoms with Crippen LogP contribution < -0.4 is 10.1 Å². The predicted molar refractivity (Wildman–Crippen MR) is 113 cm³/mol. The minimum Gasteiger partial charge on any atom is -0.487 e. The molecule has 1 aliphatic heterocycles. The highest BCUT2D eigenvalue weighted by molar-refractivity contribution is 7.07. The summed E-state index contributed by atoms with van der Waals surface area (Å²) < 4.78 is 11.1. The molecule has 1 N–H and O–H groups in total. The van der Waals surface area contributed by atoms with Crippen LogP contribution in [-0.2, 0) is 17.9 Å². The lowest BCUT2D eigenvalue weighted by atomic mass is 10.1. The van der Waals surface area contributed by atoms with Crippen LogP contribution in [0.4, 0.5) is 5.69 Å². The number of benzene rings is 2. The summed E-state index contributed by atoms with van der Waals surface area (Å²) in [5.41, 5.74) is 5.20. The molecule has 1 aliphatic rings. The van der Waals surface area contributed by atoms with Crippen molar-refractivity contribution in [1.82, 2.24) is 9.88 Å². The molecule has 1 amide bonds. The first-order chi connectivity index (χ1) is 14.3. The topological polar surface area (TPSA) is 63.7 Å². The molecule has 0 saturated carbocycles. The van der Waals surface area contributed by atoms with E-state index in [0.717, 1.165) is 44.2 Å². The molecule has 0 spiro atoms. The number of rotatable bonds is 7. The average molecular weight is 410 g/mol. The molecule has 2 aromatic carbocycles. The van der Waals surface area contributed by atoms with Gasteiger partial charge in [-0.2, -0.15) is 0 Å². The number of morpholine rings is 1. The van der Waals surface area contributed by atoms with Gasteiger partial charge in [0.2, 0.25) is 0 Å². The van der Waals surface area contributed by atoms with E-state index in [2.05, 4.69) is 27.3 Å². The molecule has 4 rings (SSSR count). The van der Waals surface area contributed by atoms with E-state index in [0.29, 0.717) is 17.9 Å². The number of hydrogen-bond donors (Lipinski definition) is 1. The highest BCUT2D eigenvalue weighted by Gasteiger charge is 2.11. The summed E-state index contributed by atoms with van der Waals surface area (Å²) in [5.74, 6) is 0.483. The average Bonchev–Trinajstić information content (AvgIpc) is 3.28. The Morgan fingerprint density at radius 2 is 2.00 bits per heavy atom. The number of nitrogens with zero attached hydrogens (tertiary/aromatic N) is 2. The summed E-state index contributed by atoms with van der Waals surface area (Å²) in [6.07, 6.45) is 0. The van der Waals surface area contributed by atoms with Crippen LogP contribution in [0.3, 0.4) is 0 Å². The molecule has 1 fully saturated rings. The van der Waals surface area contributed by atoms with E-state index in [1.54, 1.807) is 17.6 Å². The Labute approximate surface area is 174 Å². The fourth-order valence-electron chi connectivity index (χ4n) is 3.11. The first-order valence-corrected chi connectivity index (χ1v) is 10.5. The fraction of sp³-hybridized carbons (Fsp3) is 0.273. The van der Waals surface area contributed by atoms with Gasteiger partial charge in [0, 0.05) is 36.3 Å². The van der Waals surface area contributed by atoms with E-state index in [9.17, 15) is 4.79 Å². The van der Waals surface area contributed by atoms with Gasteiger partial charge >= 0.3 is 0 Å². The Bertz CT molecular complexity index is 923. The van der Waals surface area contributed by atoms with Gasteiger partial charge in [0.15, 0.2) is 0 Å². The third kappa shape index (κ3) is 5.63. The summed E-state index contributed by atoms with van der Waals surface area (Å²) in [4.78, 5) is 19.2. The summed E-state index contributed by atoms with van der Waals surface area (Å²) in [7, 11) is 0. The molecule has 6 nitrogen and oxygen atoms in total. The molecular weight excluding hydrogens is 386 g/mol. The lowest BCUT2D eigenvalue weighted by Gasteiger charge is -2.26. The maximum absolute atomic E-state index is 12.6. The maximum Gasteiger partial charge on any atom is 0.255 e. The minimum absolute atomic E-state index is 0.162. The zero-order valence-corrected chi connectivity index (χ0v) is 16.9. The van der Waals surface area contributed by atoms with E-state index in [1.807, 2.05) is 29.6 Å². The molecule has 29 heavy (non-hydrogen) atoms. The first kappa shape index (κ1) is 19.6. The van der Waals surface area contributed by atoms with Crippen LogP contribution in [0.1, 0.15) is 21.6 Å². The smallest absolute Gasteiger partial charge is 0.255 e. The van der Waals surface area contributed by atoms with E-state index in [4.69, 9.17) is 9.47 Å². The van der Waals surface area contributed by atoms with Crippen LogP contribution in [-0.4, -0.2) is 42.1 Å². The summed E-state index contributed by atoms with van der Waals surface area (Å²) in [6.45, 7) is 4.79. The van der Waals surface area contributed by atoms with Crippen molar-refractivity contribution in [2.75, 3.05) is 31.6 Å². The molecule has 150 valence electrons. The Balaban J connectivity index is 1.33. The molecule has 0 aliphatic carbocycles. The van der Waals surface area contributed by atoms with Crippen LogP contribution in [0.2, 0.25) is 0 Å². The Hall–Kier alpha value is -2.74. The zero-order valence-electron chi connectivity index (χ0n) is 16.0. The monoisotopic (exact) mass is 409 g/mol. The second kappa shape index (κ2) is 9.65. The van der Waals surface area contributed by atoms with Crippen molar-refractivity contribution >= 4 is 22.9 Å². The quantitative estimate of drug-likeness (QED) is 0.643. The molecule has 0 radical (unpaired) electrons. The van der Waals surface area contributed by atoms with Gasteiger partial charge in [-0.05, 0) is 35.9 Å². The number of aromatic nitrogens is 1. The van der Waals surface area contributed by atoms with Gasteiger partial charge in [-0.25, -0.2) is 4.98 Å². The lowest BCUT2D eigenvalue weighted by Crippen LogP contribution is -2.35. The third-order valence-electron chi connectivity index (χ3n) is 4.69. The summed E-state index contributed by atoms with van der Waals surface area (Å²) in [6, 6.07) is 15.2. The van der Waals surface area contributed by atoms with Gasteiger partial charge in [0.25, 0.3) is 5.91 Å². The van der Waals surface area contributed by atoms with Crippen molar-refractivity contribution in [3.05, 3.63) is 76.2 Å². The largest absolute Gasteiger partial charge is 0.487 e. The van der Waals surface area contributed by atoms with Gasteiger partial charge in [-0.15, -0.1) is 11.3 Å². The third-order valence-corrected chi connectivity index (χ3v) is 5.32. The molecule has 0 bridgehead atoms. The van der Waals surface area contributed by atoms with Crippen molar-refractivity contribution in [1.29, 1.82) is 0 Å². The zero-order chi connectivity index (χ0) is 19.9. The molecular formula is C22H23N3O3S. The number of thiazole rings is 1. The maximum atomic E-state index is 12.6. The van der Waals surface area contributed by atoms with Crippen molar-refractivity contribution in [2.24, 2.45) is 0 Å². The highest BCUT2D eigenvalue weighted by atomic mass is 32.1. The number of nitrogens with one attached hydrogen (secondary N) is 1. The van der Waals surface area contributed by atoms with Gasteiger partial charge in [-0.3, -0.25) is 9.69 Å². The Morgan fingerprint density at radius 3 is 2.76 bits per heavy atom. The van der Waals surface area contributed by atoms with E-state index >= 15 is 0 Å². The van der Waals surface area contributed by atoms with Gasteiger partial charge in [0.05, 0.1) is 24.4 Å². The molecule has 0 atom stereocenters. The lowest BCUT2D eigenvalue weighted by molar-refractivity contribution is 0.0342. The number of carbonyl (C=O) groups is 1. The van der Waals surface area contributed by atoms with Crippen molar-refractivity contribution in [2.45, 2.75) is 13.2 Å². The van der Waals surface area contributed by atoms with E-state index in [1.165, 1.54) is 16.9 Å². The van der Waals surface area contributed by atoms with Crippen LogP contribution in [0, 0.1) is 0 Å². The Morgan fingerprint density at radius 1 is 1.17 bits per heavy atom. The molecule has 1 aromatic heterocycles. The highest BCUT2D eigenvalue weighted by Crippen LogP contribution is 2.18. The molecule has 1 saturated heterocycles. The van der Waals surface area contributed by atoms with Crippen LogP contribution in [0.25, 0.3) is 0 Å². The SMILES string of the molecule is O=C(Nc1ccc(CN2CCOCC2)cc1)c1cccc(OCc2cscn2)c1. The van der Waals surface area contributed by atoms with Gasteiger partial charge < -0.3 is 14.8 Å². The van der Waals surface area contributed by atoms with Crippen LogP contribution in [0.5, 0.6) is 5.75 Å². The number of hydrogen-bond acceptors (Lipinski definition) is 6. The standard InChI is InChI=1S/C22H23N3O3S/c26-22(18-2-1-3-21(12-18)28-14-20-15-29-16-23-20)24-19-6-4-17(5-7-19)13-25-8-10-27-11-9-25/h1-7,12,15-16H,8-11,13-14H2,(H,24,26). The number of amides is 1. The molecule has 0 unspecified atom stereocenters. The number of carbonyl (C=O) groups excluding carboxylic acids is 1. The summed E-state index contributed by atoms with van der Waals surface area (Å²) >= 11 is 1.53. The van der Waals surface area contributed by atoms with E-state index in [-0.39, 0.29) is 5.91 Å². The van der Waals surface area contributed by atoms with Crippen molar-refractivity contribution in [3.8, 4) is 5.75 Å².